The van der Waals surface area contributed by atoms with E-state index >= 15 is 0 Å². The van der Waals surface area contributed by atoms with Gasteiger partial charge in [-0.05, 0) is 58.5 Å². The number of carboxylic acids is 1. The van der Waals surface area contributed by atoms with Gasteiger partial charge in [-0.1, -0.05) is 72.8 Å². The number of rotatable bonds is 9. The molecule has 1 aliphatic rings. The molecule has 0 saturated carbocycles. The summed E-state index contributed by atoms with van der Waals surface area (Å²) in [6, 6.07) is 30.4. The standard InChI is InChI=1S/C31H29NO5/c33-28-17-25-15-16-32-31(30(34)35,27(25)18-29(28)37-21-24-9-5-2-6-10-24)19-22-11-13-26(14-12-22)36-20-23-7-3-1-4-8-23/h1-14,17-18,32-33H,15-16,19-21H2,(H,34,35). The summed E-state index contributed by atoms with van der Waals surface area (Å²) in [5.74, 6) is 0.0189. The van der Waals surface area contributed by atoms with Crippen molar-refractivity contribution in [1.82, 2.24) is 5.32 Å². The molecule has 37 heavy (non-hydrogen) atoms. The number of nitrogens with one attached hydrogen (secondary N) is 1. The van der Waals surface area contributed by atoms with Crippen molar-refractivity contribution < 1.29 is 24.5 Å². The second-order valence-electron chi connectivity index (χ2n) is 9.23. The molecule has 0 aromatic heterocycles. The zero-order valence-electron chi connectivity index (χ0n) is 20.4. The van der Waals surface area contributed by atoms with Crippen molar-refractivity contribution >= 4 is 5.97 Å². The van der Waals surface area contributed by atoms with Crippen LogP contribution in [0, 0.1) is 0 Å². The lowest BCUT2D eigenvalue weighted by Gasteiger charge is -2.37. The summed E-state index contributed by atoms with van der Waals surface area (Å²) in [5.41, 5.74) is 2.95. The molecule has 1 atom stereocenters. The van der Waals surface area contributed by atoms with Crippen LogP contribution in [0.2, 0.25) is 0 Å². The van der Waals surface area contributed by atoms with Crippen LogP contribution in [0.3, 0.4) is 0 Å². The minimum atomic E-state index is -1.35. The summed E-state index contributed by atoms with van der Waals surface area (Å²) >= 11 is 0. The predicted octanol–water partition coefficient (Wildman–Crippen LogP) is 5.22. The van der Waals surface area contributed by atoms with Gasteiger partial charge in [0.25, 0.3) is 0 Å². The average molecular weight is 496 g/mol. The zero-order chi connectivity index (χ0) is 25.7. The van der Waals surface area contributed by atoms with Crippen LogP contribution in [-0.4, -0.2) is 22.7 Å². The number of aromatic hydroxyl groups is 1. The summed E-state index contributed by atoms with van der Waals surface area (Å²) in [6.45, 7) is 1.22. The van der Waals surface area contributed by atoms with E-state index in [1.165, 1.54) is 0 Å². The lowest BCUT2D eigenvalue weighted by molar-refractivity contribution is -0.145. The Hall–Kier alpha value is -4.29. The van der Waals surface area contributed by atoms with Gasteiger partial charge in [-0.25, -0.2) is 4.79 Å². The maximum absolute atomic E-state index is 12.8. The fraction of sp³-hybridized carbons (Fsp3) is 0.194. The maximum atomic E-state index is 12.8. The van der Waals surface area contributed by atoms with Gasteiger partial charge in [-0.15, -0.1) is 0 Å². The molecule has 0 aliphatic carbocycles. The normalized spacial score (nSPS) is 16.5. The highest BCUT2D eigenvalue weighted by Gasteiger charge is 2.44. The number of fused-ring (bicyclic) bond motifs is 1. The molecule has 5 rings (SSSR count). The Bertz CT molecular complexity index is 1360. The van der Waals surface area contributed by atoms with Crippen LogP contribution >= 0.6 is 0 Å². The molecule has 1 unspecified atom stereocenters. The van der Waals surface area contributed by atoms with Crippen molar-refractivity contribution in [2.75, 3.05) is 6.54 Å². The van der Waals surface area contributed by atoms with Crippen LogP contribution in [0.25, 0.3) is 0 Å². The Morgan fingerprint density at radius 2 is 1.43 bits per heavy atom. The lowest BCUT2D eigenvalue weighted by Crippen LogP contribution is -2.54. The van der Waals surface area contributed by atoms with Crippen molar-refractivity contribution in [3.63, 3.8) is 0 Å². The highest BCUT2D eigenvalue weighted by molar-refractivity contribution is 5.83. The van der Waals surface area contributed by atoms with Crippen LogP contribution in [0.15, 0.2) is 97.1 Å². The number of phenols is 1. The van der Waals surface area contributed by atoms with Crippen LogP contribution in [-0.2, 0) is 36.4 Å². The molecule has 0 radical (unpaired) electrons. The highest BCUT2D eigenvalue weighted by atomic mass is 16.5. The zero-order valence-corrected chi connectivity index (χ0v) is 20.4. The average Bonchev–Trinajstić information content (AvgIpc) is 2.93. The summed E-state index contributed by atoms with van der Waals surface area (Å²) in [4.78, 5) is 12.8. The first-order chi connectivity index (χ1) is 18.0. The van der Waals surface area contributed by atoms with Gasteiger partial charge in [-0.2, -0.15) is 0 Å². The van der Waals surface area contributed by atoms with E-state index < -0.39 is 11.5 Å². The second kappa shape index (κ2) is 10.8. The third-order valence-electron chi connectivity index (χ3n) is 6.71. The predicted molar refractivity (Wildman–Crippen MR) is 141 cm³/mol. The first-order valence-corrected chi connectivity index (χ1v) is 12.3. The van der Waals surface area contributed by atoms with Crippen molar-refractivity contribution in [2.45, 2.75) is 31.6 Å². The second-order valence-corrected chi connectivity index (χ2v) is 9.23. The third-order valence-corrected chi connectivity index (χ3v) is 6.71. The Labute approximate surface area is 216 Å². The Kier molecular flexibility index (Phi) is 7.10. The molecule has 0 amide bonds. The van der Waals surface area contributed by atoms with E-state index in [0.717, 1.165) is 28.0 Å². The van der Waals surface area contributed by atoms with Gasteiger partial charge in [0.05, 0.1) is 0 Å². The van der Waals surface area contributed by atoms with E-state index in [2.05, 4.69) is 5.32 Å². The number of benzene rings is 4. The number of carbonyl (C=O) groups is 1. The third kappa shape index (κ3) is 5.44. The molecule has 3 N–H and O–H groups in total. The van der Waals surface area contributed by atoms with Gasteiger partial charge < -0.3 is 19.7 Å². The molecule has 0 fully saturated rings. The molecule has 6 nitrogen and oxygen atoms in total. The number of ether oxygens (including phenoxy) is 2. The van der Waals surface area contributed by atoms with E-state index in [-0.39, 0.29) is 24.5 Å². The Balaban J connectivity index is 1.37. The fourth-order valence-corrected chi connectivity index (χ4v) is 4.75. The smallest absolute Gasteiger partial charge is 0.328 e. The topological polar surface area (TPSA) is 88.0 Å². The number of hydrogen-bond donors (Lipinski definition) is 3. The van der Waals surface area contributed by atoms with Crippen LogP contribution in [0.1, 0.15) is 27.8 Å². The number of carboxylic acid groups (broad SMARTS) is 1. The minimum Gasteiger partial charge on any atom is -0.504 e. The quantitative estimate of drug-likeness (QED) is 0.295. The molecule has 4 aromatic carbocycles. The fourth-order valence-electron chi connectivity index (χ4n) is 4.75. The molecule has 188 valence electrons. The van der Waals surface area contributed by atoms with Crippen molar-refractivity contribution in [3.8, 4) is 17.2 Å². The molecule has 1 heterocycles. The first-order valence-electron chi connectivity index (χ1n) is 12.3. The minimum absolute atomic E-state index is 0.00999. The SMILES string of the molecule is O=C(O)C1(Cc2ccc(OCc3ccccc3)cc2)NCCc2cc(O)c(OCc3ccccc3)cc21. The lowest BCUT2D eigenvalue weighted by atomic mass is 9.78. The summed E-state index contributed by atoms with van der Waals surface area (Å²) in [7, 11) is 0. The molecule has 6 heteroatoms. The van der Waals surface area contributed by atoms with Crippen molar-refractivity contribution in [3.05, 3.63) is 125 Å². The van der Waals surface area contributed by atoms with Crippen molar-refractivity contribution in [2.24, 2.45) is 0 Å². The van der Waals surface area contributed by atoms with Crippen LogP contribution in [0.5, 0.6) is 17.2 Å². The Morgan fingerprint density at radius 3 is 2.05 bits per heavy atom. The highest BCUT2D eigenvalue weighted by Crippen LogP contribution is 2.39. The van der Waals surface area contributed by atoms with E-state index in [1.807, 2.05) is 84.9 Å². The molecule has 1 aliphatic heterocycles. The molecule has 0 spiro atoms. The van der Waals surface area contributed by atoms with Gasteiger partial charge >= 0.3 is 5.97 Å². The largest absolute Gasteiger partial charge is 0.504 e. The summed E-state index contributed by atoms with van der Waals surface area (Å²) in [6.07, 6.45) is 0.848. The van der Waals surface area contributed by atoms with Gasteiger partial charge in [0, 0.05) is 13.0 Å². The number of phenolic OH excluding ortho intramolecular Hbond substituents is 1. The van der Waals surface area contributed by atoms with E-state index in [9.17, 15) is 15.0 Å². The van der Waals surface area contributed by atoms with Gasteiger partial charge in [0.2, 0.25) is 0 Å². The molecule has 0 bridgehead atoms. The number of hydrogen-bond acceptors (Lipinski definition) is 5. The molecule has 0 saturated heterocycles. The number of aliphatic carboxylic acids is 1. The van der Waals surface area contributed by atoms with Crippen molar-refractivity contribution in [1.29, 1.82) is 0 Å². The van der Waals surface area contributed by atoms with Crippen LogP contribution < -0.4 is 14.8 Å². The Morgan fingerprint density at radius 1 is 0.811 bits per heavy atom. The monoisotopic (exact) mass is 495 g/mol. The van der Waals surface area contributed by atoms with Gasteiger partial charge in [0.15, 0.2) is 11.5 Å². The molecular weight excluding hydrogens is 466 g/mol. The van der Waals surface area contributed by atoms with Gasteiger partial charge in [-0.3, -0.25) is 5.32 Å². The van der Waals surface area contributed by atoms with Gasteiger partial charge in [0.1, 0.15) is 24.5 Å². The maximum Gasteiger partial charge on any atom is 0.328 e. The van der Waals surface area contributed by atoms with E-state index in [1.54, 1.807) is 12.1 Å². The van der Waals surface area contributed by atoms with E-state index in [0.29, 0.717) is 25.1 Å². The first kappa shape index (κ1) is 24.4. The van der Waals surface area contributed by atoms with Crippen LogP contribution in [0.4, 0.5) is 0 Å². The summed E-state index contributed by atoms with van der Waals surface area (Å²) < 4.78 is 11.8. The molecular formula is C31H29NO5. The summed E-state index contributed by atoms with van der Waals surface area (Å²) in [5, 5.41) is 24.3. The molecule has 4 aromatic rings. The van der Waals surface area contributed by atoms with E-state index in [4.69, 9.17) is 9.47 Å².